The summed E-state index contributed by atoms with van der Waals surface area (Å²) in [4.78, 5) is 29.1. The van der Waals surface area contributed by atoms with Crippen LogP contribution in [-0.2, 0) is 0 Å². The van der Waals surface area contributed by atoms with Crippen molar-refractivity contribution < 1.29 is 0 Å². The monoisotopic (exact) mass is 614 g/mol. The Kier molecular flexibility index (Phi) is 6.68. The van der Waals surface area contributed by atoms with Gasteiger partial charge in [0, 0.05) is 57.0 Å². The maximum atomic E-state index is 5.05. The van der Waals surface area contributed by atoms with Crippen LogP contribution in [0.3, 0.4) is 0 Å². The van der Waals surface area contributed by atoms with Crippen LogP contribution in [0.15, 0.2) is 158 Å². The zero-order chi connectivity index (χ0) is 31.9. The molecule has 4 aromatic heterocycles. The van der Waals surface area contributed by atoms with Crippen molar-refractivity contribution >= 4 is 32.7 Å². The Hall–Kier alpha value is -6.66. The number of benzene rings is 5. The minimum absolute atomic E-state index is 0.595. The standard InChI is InChI=1S/C42H26N6/c1-3-9-28(10-4-1)40-46-41(29-11-5-2-6-12-29)48-42(47-40)35-24-33(30-17-18-37-31(21-30)14-8-19-43-37)23-34(25-35)36-22-32-16-15-27-13-7-20-44-38(27)39(32)45-26-36/h1-26H. The minimum Gasteiger partial charge on any atom is -0.256 e. The Morgan fingerprint density at radius 1 is 0.312 bits per heavy atom. The summed E-state index contributed by atoms with van der Waals surface area (Å²) < 4.78 is 0. The molecule has 9 rings (SSSR count). The molecule has 0 saturated carbocycles. The number of aromatic nitrogens is 6. The Labute approximate surface area is 276 Å². The summed E-state index contributed by atoms with van der Waals surface area (Å²) in [7, 11) is 0. The molecule has 0 fully saturated rings. The van der Waals surface area contributed by atoms with Gasteiger partial charge in [0.1, 0.15) is 0 Å². The van der Waals surface area contributed by atoms with Crippen molar-refractivity contribution in [1.82, 2.24) is 29.9 Å². The molecule has 9 aromatic rings. The Morgan fingerprint density at radius 2 is 0.875 bits per heavy atom. The summed E-state index contributed by atoms with van der Waals surface area (Å²) in [5.41, 5.74) is 9.57. The molecule has 6 heteroatoms. The van der Waals surface area contributed by atoms with Crippen LogP contribution in [0, 0.1) is 0 Å². The predicted octanol–water partition coefficient (Wildman–Crippen LogP) is 9.85. The summed E-state index contributed by atoms with van der Waals surface area (Å²) >= 11 is 0. The summed E-state index contributed by atoms with van der Waals surface area (Å²) in [5, 5.41) is 3.17. The Bertz CT molecular complexity index is 2560. The first-order valence-corrected chi connectivity index (χ1v) is 15.8. The first-order valence-electron chi connectivity index (χ1n) is 15.8. The van der Waals surface area contributed by atoms with Crippen LogP contribution in [0.2, 0.25) is 0 Å². The molecule has 0 atom stereocenters. The molecule has 0 saturated heterocycles. The van der Waals surface area contributed by atoms with E-state index in [1.54, 1.807) is 0 Å². The second kappa shape index (κ2) is 11.6. The fourth-order valence-electron chi connectivity index (χ4n) is 6.18. The Balaban J connectivity index is 1.27. The van der Waals surface area contributed by atoms with Crippen LogP contribution < -0.4 is 0 Å². The van der Waals surface area contributed by atoms with Crippen molar-refractivity contribution in [3.63, 3.8) is 0 Å². The molecular formula is C42H26N6. The molecule has 0 amide bonds. The third-order valence-electron chi connectivity index (χ3n) is 8.58. The summed E-state index contributed by atoms with van der Waals surface area (Å²) in [6.07, 6.45) is 5.57. The van der Waals surface area contributed by atoms with Gasteiger partial charge in [0.05, 0.1) is 16.6 Å². The lowest BCUT2D eigenvalue weighted by Crippen LogP contribution is -2.00. The van der Waals surface area contributed by atoms with E-state index >= 15 is 0 Å². The van der Waals surface area contributed by atoms with E-state index in [2.05, 4.69) is 76.7 Å². The van der Waals surface area contributed by atoms with Crippen LogP contribution >= 0.6 is 0 Å². The number of fused-ring (bicyclic) bond motifs is 4. The van der Waals surface area contributed by atoms with Crippen molar-refractivity contribution in [2.45, 2.75) is 0 Å². The highest BCUT2D eigenvalue weighted by Gasteiger charge is 2.16. The fraction of sp³-hybridized carbons (Fsp3) is 0. The molecule has 0 aliphatic carbocycles. The van der Waals surface area contributed by atoms with E-state index in [9.17, 15) is 0 Å². The average molecular weight is 615 g/mol. The SMILES string of the molecule is c1ccc(-c2nc(-c3ccccc3)nc(-c3cc(-c4ccc5ncccc5c4)cc(-c4cnc5c(ccc6cccnc65)c4)c3)n2)cc1. The second-order valence-electron chi connectivity index (χ2n) is 11.7. The van der Waals surface area contributed by atoms with Crippen molar-refractivity contribution in [2.75, 3.05) is 0 Å². The topological polar surface area (TPSA) is 77.3 Å². The summed E-state index contributed by atoms with van der Waals surface area (Å²) in [6.45, 7) is 0. The van der Waals surface area contributed by atoms with E-state index in [1.807, 2.05) is 91.4 Å². The van der Waals surface area contributed by atoms with Gasteiger partial charge >= 0.3 is 0 Å². The molecule has 0 bridgehead atoms. The number of nitrogens with zero attached hydrogens (tertiary/aromatic N) is 6. The lowest BCUT2D eigenvalue weighted by atomic mass is 9.95. The van der Waals surface area contributed by atoms with Crippen LogP contribution in [0.5, 0.6) is 0 Å². The van der Waals surface area contributed by atoms with Gasteiger partial charge in [-0.05, 0) is 65.2 Å². The van der Waals surface area contributed by atoms with Gasteiger partial charge < -0.3 is 0 Å². The van der Waals surface area contributed by atoms with Crippen LogP contribution in [0.1, 0.15) is 0 Å². The van der Waals surface area contributed by atoms with E-state index in [4.69, 9.17) is 19.9 Å². The van der Waals surface area contributed by atoms with Gasteiger partial charge in [0.2, 0.25) is 0 Å². The Morgan fingerprint density at radius 3 is 1.60 bits per heavy atom. The van der Waals surface area contributed by atoms with Crippen LogP contribution in [0.4, 0.5) is 0 Å². The predicted molar refractivity (Wildman–Crippen MR) is 193 cm³/mol. The maximum Gasteiger partial charge on any atom is 0.164 e. The molecule has 0 radical (unpaired) electrons. The van der Waals surface area contributed by atoms with Gasteiger partial charge in [-0.25, -0.2) is 15.0 Å². The van der Waals surface area contributed by atoms with E-state index in [-0.39, 0.29) is 0 Å². The molecule has 0 spiro atoms. The fourth-order valence-corrected chi connectivity index (χ4v) is 6.18. The zero-order valence-corrected chi connectivity index (χ0v) is 25.7. The van der Waals surface area contributed by atoms with Gasteiger partial charge in [-0.15, -0.1) is 0 Å². The average Bonchev–Trinajstić information content (AvgIpc) is 3.17. The van der Waals surface area contributed by atoms with Crippen molar-refractivity contribution in [3.05, 3.63) is 158 Å². The third kappa shape index (κ3) is 5.11. The molecule has 0 aliphatic heterocycles. The van der Waals surface area contributed by atoms with E-state index in [1.165, 1.54) is 0 Å². The van der Waals surface area contributed by atoms with Gasteiger partial charge in [-0.1, -0.05) is 91.0 Å². The lowest BCUT2D eigenvalue weighted by molar-refractivity contribution is 1.07. The van der Waals surface area contributed by atoms with Crippen molar-refractivity contribution in [2.24, 2.45) is 0 Å². The van der Waals surface area contributed by atoms with Gasteiger partial charge in [0.25, 0.3) is 0 Å². The first-order chi connectivity index (χ1) is 23.7. The van der Waals surface area contributed by atoms with E-state index < -0.39 is 0 Å². The maximum absolute atomic E-state index is 5.05. The van der Waals surface area contributed by atoms with E-state index in [0.29, 0.717) is 17.5 Å². The second-order valence-corrected chi connectivity index (χ2v) is 11.7. The first kappa shape index (κ1) is 27.6. The summed E-state index contributed by atoms with van der Waals surface area (Å²) in [6, 6.07) is 47.4. The van der Waals surface area contributed by atoms with Crippen LogP contribution in [0.25, 0.3) is 89.1 Å². The van der Waals surface area contributed by atoms with Crippen molar-refractivity contribution in [1.29, 1.82) is 0 Å². The number of pyridine rings is 3. The van der Waals surface area contributed by atoms with Crippen LogP contribution in [-0.4, -0.2) is 29.9 Å². The third-order valence-corrected chi connectivity index (χ3v) is 8.58. The zero-order valence-electron chi connectivity index (χ0n) is 25.7. The molecule has 6 nitrogen and oxygen atoms in total. The summed E-state index contributed by atoms with van der Waals surface area (Å²) in [5.74, 6) is 1.84. The lowest BCUT2D eigenvalue weighted by Gasteiger charge is -2.13. The number of rotatable bonds is 5. The molecular weight excluding hydrogens is 589 g/mol. The smallest absolute Gasteiger partial charge is 0.164 e. The highest BCUT2D eigenvalue weighted by Crippen LogP contribution is 2.35. The molecule has 0 N–H and O–H groups in total. The molecule has 48 heavy (non-hydrogen) atoms. The van der Waals surface area contributed by atoms with Gasteiger partial charge in [0.15, 0.2) is 17.5 Å². The highest BCUT2D eigenvalue weighted by atomic mass is 15.0. The normalized spacial score (nSPS) is 11.3. The molecule has 4 heterocycles. The van der Waals surface area contributed by atoms with E-state index in [0.717, 1.165) is 71.7 Å². The highest BCUT2D eigenvalue weighted by molar-refractivity contribution is 6.03. The molecule has 5 aromatic carbocycles. The largest absolute Gasteiger partial charge is 0.256 e. The minimum atomic E-state index is 0.595. The number of hydrogen-bond donors (Lipinski definition) is 0. The van der Waals surface area contributed by atoms with Gasteiger partial charge in [-0.2, -0.15) is 0 Å². The molecule has 0 aliphatic rings. The van der Waals surface area contributed by atoms with Gasteiger partial charge in [-0.3, -0.25) is 15.0 Å². The molecule has 224 valence electrons. The van der Waals surface area contributed by atoms with Crippen molar-refractivity contribution in [3.8, 4) is 56.4 Å². The quantitative estimate of drug-likeness (QED) is 0.180. The number of hydrogen-bond acceptors (Lipinski definition) is 6. The molecule has 0 unspecified atom stereocenters.